The molecule has 0 aromatic heterocycles. The van der Waals surface area contributed by atoms with Crippen molar-refractivity contribution in [3.8, 4) is 5.75 Å². The second kappa shape index (κ2) is 9.85. The fourth-order valence-corrected chi connectivity index (χ4v) is 2.28. The monoisotopic (exact) mass is 359 g/mol. The zero-order valence-corrected chi connectivity index (χ0v) is 15.4. The Labute approximate surface area is 153 Å². The van der Waals surface area contributed by atoms with Gasteiger partial charge in [-0.3, -0.25) is 18.2 Å². The normalized spacial score (nSPS) is 10.4. The molecule has 0 fully saturated rings. The summed E-state index contributed by atoms with van der Waals surface area (Å²) in [6.45, 7) is 6.37. The first-order valence-electron chi connectivity index (χ1n) is 8.06. The molecule has 0 saturated carbocycles. The molecular formula is C20H22BF2O3. The molecule has 26 heavy (non-hydrogen) atoms. The van der Waals surface area contributed by atoms with Crippen LogP contribution in [-0.4, -0.2) is 26.5 Å². The Hall–Kier alpha value is -2.50. The average Bonchev–Trinajstić information content (AvgIpc) is 2.61. The van der Waals surface area contributed by atoms with Gasteiger partial charge in [-0.15, -0.1) is 0 Å². The van der Waals surface area contributed by atoms with Crippen molar-refractivity contribution in [1.82, 2.24) is 0 Å². The van der Waals surface area contributed by atoms with E-state index in [1.54, 1.807) is 43.5 Å². The number of hydrogen-bond donors (Lipinski definition) is 0. The molecule has 1 radical (unpaired) electrons. The minimum atomic E-state index is -1.00. The molecule has 2 aromatic carbocycles. The van der Waals surface area contributed by atoms with E-state index in [2.05, 4.69) is 20.8 Å². The van der Waals surface area contributed by atoms with Gasteiger partial charge in [-0.05, 0) is 35.2 Å². The maximum Gasteiger partial charge on any atom is 0.577 e. The maximum atomic E-state index is 12.3. The summed E-state index contributed by atoms with van der Waals surface area (Å²) in [6, 6.07) is 14.3. The van der Waals surface area contributed by atoms with Crippen LogP contribution in [0, 0.1) is 0 Å². The fourth-order valence-electron chi connectivity index (χ4n) is 2.28. The van der Waals surface area contributed by atoms with Gasteiger partial charge in [-0.1, -0.05) is 45.0 Å². The van der Waals surface area contributed by atoms with Gasteiger partial charge in [-0.25, -0.2) is 0 Å². The number of benzene rings is 2. The van der Waals surface area contributed by atoms with Crippen LogP contribution in [-0.2, 0) is 5.41 Å². The maximum absolute atomic E-state index is 12.3. The number of carbonyl (C=O) groups is 2. The number of rotatable bonds is 5. The second-order valence-corrected chi connectivity index (χ2v) is 6.66. The van der Waals surface area contributed by atoms with E-state index in [9.17, 15) is 18.2 Å². The molecule has 2 aromatic rings. The summed E-state index contributed by atoms with van der Waals surface area (Å²) in [4.78, 5) is 24.5. The second-order valence-electron chi connectivity index (χ2n) is 6.66. The van der Waals surface area contributed by atoms with Gasteiger partial charge >= 0.3 is 7.83 Å². The van der Waals surface area contributed by atoms with Gasteiger partial charge in [0.05, 0.1) is 13.5 Å². The van der Waals surface area contributed by atoms with Gasteiger partial charge in [0.2, 0.25) is 0 Å². The Morgan fingerprint density at radius 2 is 1.27 bits per heavy atom. The number of carbonyl (C=O) groups excluding carboxylic acids is 2. The van der Waals surface area contributed by atoms with Crippen LogP contribution < -0.4 is 4.74 Å². The lowest BCUT2D eigenvalue weighted by Gasteiger charge is -2.18. The first-order valence-corrected chi connectivity index (χ1v) is 8.06. The molecule has 0 unspecified atom stereocenters. The van der Waals surface area contributed by atoms with Gasteiger partial charge in [0.1, 0.15) is 5.75 Å². The molecule has 0 bridgehead atoms. The highest BCUT2D eigenvalue weighted by Crippen LogP contribution is 2.22. The van der Waals surface area contributed by atoms with Crippen molar-refractivity contribution in [2.75, 3.05) is 7.11 Å². The van der Waals surface area contributed by atoms with E-state index in [4.69, 9.17) is 4.74 Å². The Kier molecular flexibility index (Phi) is 8.16. The lowest BCUT2D eigenvalue weighted by molar-refractivity contribution is 0.0894. The van der Waals surface area contributed by atoms with Crippen molar-refractivity contribution in [2.24, 2.45) is 0 Å². The Morgan fingerprint density at radius 1 is 0.885 bits per heavy atom. The molecule has 0 spiro atoms. The number of methoxy groups -OCH3 is 1. The predicted molar refractivity (Wildman–Crippen MR) is 99.4 cm³/mol. The van der Waals surface area contributed by atoms with Crippen molar-refractivity contribution < 1.29 is 23.0 Å². The summed E-state index contributed by atoms with van der Waals surface area (Å²) < 4.78 is 24.1. The van der Waals surface area contributed by atoms with E-state index >= 15 is 0 Å². The first kappa shape index (κ1) is 21.5. The van der Waals surface area contributed by atoms with Crippen molar-refractivity contribution in [3.63, 3.8) is 0 Å². The van der Waals surface area contributed by atoms with Crippen LogP contribution in [0.25, 0.3) is 0 Å². The molecule has 0 N–H and O–H groups in total. The third kappa shape index (κ3) is 6.43. The van der Waals surface area contributed by atoms with Gasteiger partial charge in [0.15, 0.2) is 11.6 Å². The summed E-state index contributed by atoms with van der Waals surface area (Å²) in [6.07, 6.45) is -0.124. The SMILES string of the molecule is COc1ccc(C(=O)CC(=O)c2ccc(C(C)(C)C)cc2)cc1.F[B]F. The minimum absolute atomic E-state index is 0.0422. The summed E-state index contributed by atoms with van der Waals surface area (Å²) in [5.41, 5.74) is 2.29. The number of ether oxygens (including phenoxy) is 1. The van der Waals surface area contributed by atoms with Crippen molar-refractivity contribution in [1.29, 1.82) is 0 Å². The Balaban J connectivity index is 0.00000105. The fraction of sp³-hybridized carbons (Fsp3) is 0.300. The van der Waals surface area contributed by atoms with E-state index in [1.165, 1.54) is 0 Å². The van der Waals surface area contributed by atoms with Gasteiger partial charge < -0.3 is 4.74 Å². The van der Waals surface area contributed by atoms with Crippen LogP contribution in [0.2, 0.25) is 0 Å². The standard InChI is InChI=1S/C20H22O3.BF2/c1-20(2,3)16-9-5-14(6-10-16)18(21)13-19(22)15-7-11-17(23-4)12-8-15;2-1-3/h5-12H,13H2,1-4H3;. The number of Topliss-reactive ketones (excluding diaryl/α,β-unsaturated/α-hetero) is 2. The van der Waals surface area contributed by atoms with E-state index < -0.39 is 7.83 Å². The molecule has 0 aliphatic rings. The average molecular weight is 359 g/mol. The smallest absolute Gasteiger partial charge is 0.497 e. The highest BCUT2D eigenvalue weighted by Gasteiger charge is 2.16. The molecule has 0 atom stereocenters. The first-order chi connectivity index (χ1) is 12.2. The molecule has 137 valence electrons. The van der Waals surface area contributed by atoms with Gasteiger partial charge in [-0.2, -0.15) is 0 Å². The lowest BCUT2D eigenvalue weighted by atomic mass is 9.86. The highest BCUT2D eigenvalue weighted by molar-refractivity contribution is 6.15. The summed E-state index contributed by atoms with van der Waals surface area (Å²) in [7, 11) is 0.571. The van der Waals surface area contributed by atoms with Crippen LogP contribution in [0.4, 0.5) is 8.63 Å². The summed E-state index contributed by atoms with van der Waals surface area (Å²) >= 11 is 0. The molecule has 0 saturated heterocycles. The van der Waals surface area contributed by atoms with Crippen molar-refractivity contribution >= 4 is 19.4 Å². The van der Waals surface area contributed by atoms with Crippen LogP contribution in [0.3, 0.4) is 0 Å². The Bertz CT molecular complexity index is 720. The van der Waals surface area contributed by atoms with E-state index in [0.717, 1.165) is 5.56 Å². The highest BCUT2D eigenvalue weighted by atomic mass is 19.2. The number of halogens is 2. The largest absolute Gasteiger partial charge is 0.577 e. The van der Waals surface area contributed by atoms with Crippen molar-refractivity contribution in [3.05, 3.63) is 65.2 Å². The van der Waals surface area contributed by atoms with Crippen LogP contribution in [0.15, 0.2) is 48.5 Å². The van der Waals surface area contributed by atoms with Crippen LogP contribution in [0.5, 0.6) is 5.75 Å². The molecule has 0 aliphatic heterocycles. The molecule has 6 heteroatoms. The van der Waals surface area contributed by atoms with Gasteiger partial charge in [0.25, 0.3) is 0 Å². The van der Waals surface area contributed by atoms with Crippen LogP contribution in [0.1, 0.15) is 53.5 Å². The van der Waals surface area contributed by atoms with E-state index in [1.807, 2.05) is 12.1 Å². The quantitative estimate of drug-likeness (QED) is 0.433. The zero-order chi connectivity index (χ0) is 19.7. The molecular weight excluding hydrogens is 337 g/mol. The molecule has 3 nitrogen and oxygen atoms in total. The number of hydrogen-bond acceptors (Lipinski definition) is 3. The van der Waals surface area contributed by atoms with E-state index in [0.29, 0.717) is 16.9 Å². The number of ketones is 2. The molecule has 0 aliphatic carbocycles. The van der Waals surface area contributed by atoms with Crippen molar-refractivity contribution in [2.45, 2.75) is 32.6 Å². The lowest BCUT2D eigenvalue weighted by Crippen LogP contribution is -2.12. The summed E-state index contributed by atoms with van der Waals surface area (Å²) in [5, 5.41) is 0. The topological polar surface area (TPSA) is 43.4 Å². The van der Waals surface area contributed by atoms with Gasteiger partial charge in [0, 0.05) is 11.1 Å². The minimum Gasteiger partial charge on any atom is -0.497 e. The third-order valence-electron chi connectivity index (χ3n) is 3.81. The summed E-state index contributed by atoms with van der Waals surface area (Å²) in [5.74, 6) is 0.342. The van der Waals surface area contributed by atoms with Crippen LogP contribution >= 0.6 is 0 Å². The third-order valence-corrected chi connectivity index (χ3v) is 3.81. The Morgan fingerprint density at radius 3 is 1.62 bits per heavy atom. The molecule has 0 heterocycles. The zero-order valence-electron chi connectivity index (χ0n) is 15.4. The van der Waals surface area contributed by atoms with E-state index in [-0.39, 0.29) is 23.4 Å². The molecule has 2 rings (SSSR count). The predicted octanol–water partition coefficient (Wildman–Crippen LogP) is 4.91. The molecule has 0 amide bonds.